The Bertz CT molecular complexity index is 2600. The molecule has 9 rings (SSSR count). The van der Waals surface area contributed by atoms with Crippen molar-refractivity contribution < 1.29 is 24.2 Å². The van der Waals surface area contributed by atoms with Crippen LogP contribution >= 0.6 is 34.9 Å². The normalized spacial score (nSPS) is 18.7. The Morgan fingerprint density at radius 3 is 1.94 bits per heavy atom. The van der Waals surface area contributed by atoms with Gasteiger partial charge in [-0.2, -0.15) is 0 Å². The summed E-state index contributed by atoms with van der Waals surface area (Å²) in [6, 6.07) is 52.5. The number of ether oxygens (including phenoxy) is 1. The van der Waals surface area contributed by atoms with E-state index >= 15 is 0 Å². The van der Waals surface area contributed by atoms with Crippen molar-refractivity contribution >= 4 is 63.9 Å². The van der Waals surface area contributed by atoms with Crippen molar-refractivity contribution in [1.82, 2.24) is 20.2 Å². The molecule has 5 aromatic carbocycles. The molecule has 4 atom stereocenters. The zero-order chi connectivity index (χ0) is 44.6. The van der Waals surface area contributed by atoms with Gasteiger partial charge >= 0.3 is 5.97 Å². The number of hydrogen-bond donors (Lipinski definition) is 3. The molecule has 7 aromatic rings. The zero-order valence-electron chi connectivity index (χ0n) is 35.1. The van der Waals surface area contributed by atoms with Gasteiger partial charge in [0.25, 0.3) is 0 Å². The van der Waals surface area contributed by atoms with E-state index in [1.165, 1.54) is 34.9 Å². The monoisotopic (exact) mass is 915 g/mol. The maximum atomic E-state index is 14.6. The van der Waals surface area contributed by atoms with Gasteiger partial charge in [-0.25, -0.2) is 4.98 Å². The number of aliphatic hydroxyl groups excluding tert-OH is 1. The van der Waals surface area contributed by atoms with Gasteiger partial charge in [-0.15, -0.1) is 34.9 Å². The number of carbonyl (C=O) groups excluding carboxylic acids is 3. The van der Waals surface area contributed by atoms with Crippen molar-refractivity contribution in [2.24, 2.45) is 0 Å². The third-order valence-corrected chi connectivity index (χ3v) is 15.3. The Hall–Kier alpha value is -6.51. The molecule has 2 saturated heterocycles. The van der Waals surface area contributed by atoms with Gasteiger partial charge in [0.1, 0.15) is 27.6 Å². The van der Waals surface area contributed by atoms with Gasteiger partial charge in [-0.1, -0.05) is 158 Å². The Labute approximate surface area is 390 Å². The molecule has 65 heavy (non-hydrogen) atoms. The number of amides is 2. The van der Waals surface area contributed by atoms with Gasteiger partial charge in [0.2, 0.25) is 11.8 Å². The van der Waals surface area contributed by atoms with Crippen molar-refractivity contribution in [3.8, 4) is 0 Å². The summed E-state index contributed by atoms with van der Waals surface area (Å²) in [6.45, 7) is -0.443. The second-order valence-corrected chi connectivity index (χ2v) is 19.0. The molecule has 3 N–H and O–H groups in total. The number of anilines is 1. The topological polar surface area (TPSA) is 134 Å². The van der Waals surface area contributed by atoms with E-state index < -0.39 is 52.2 Å². The number of benzene rings is 5. The minimum absolute atomic E-state index is 0.0730. The molecule has 0 saturated carbocycles. The van der Waals surface area contributed by atoms with E-state index in [9.17, 15) is 19.5 Å². The van der Waals surface area contributed by atoms with Gasteiger partial charge in [0, 0.05) is 30.1 Å². The number of carbonyl (C=O) groups is 3. The van der Waals surface area contributed by atoms with Crippen LogP contribution in [0.5, 0.6) is 0 Å². The first kappa shape index (κ1) is 43.7. The molecule has 0 spiro atoms. The second-order valence-electron chi connectivity index (χ2n) is 15.7. The summed E-state index contributed by atoms with van der Waals surface area (Å²) in [5.41, 5.74) is 5.05. The summed E-state index contributed by atoms with van der Waals surface area (Å²) < 4.78 is 5.27. The van der Waals surface area contributed by atoms with Crippen molar-refractivity contribution in [1.29, 1.82) is 0 Å². The highest BCUT2D eigenvalue weighted by Crippen LogP contribution is 2.47. The van der Waals surface area contributed by atoms with Crippen LogP contribution in [-0.4, -0.2) is 72.8 Å². The number of hydrogen-bond acceptors (Lipinski definition) is 11. The first-order valence-electron chi connectivity index (χ1n) is 21.2. The molecule has 2 aromatic heterocycles. The molecule has 0 aliphatic carbocycles. The summed E-state index contributed by atoms with van der Waals surface area (Å²) in [6.07, 6.45) is 4.64. The Kier molecular flexibility index (Phi) is 13.3. The SMILES string of the molecule is O=C(NC1C(=O)N2CC(SC=Cc3cccnc3)(C(=O)OC(c3ccccc3)c3ccccc3)CS[C@H]12)C(CO)c1csc(NC(c2ccccc2)(c2ccccc2)c2ccccc2)n1. The highest BCUT2D eigenvalue weighted by atomic mass is 32.2. The van der Waals surface area contributed by atoms with Gasteiger partial charge in [0.05, 0.1) is 12.3 Å². The molecule has 10 nitrogen and oxygen atoms in total. The Morgan fingerprint density at radius 2 is 1.40 bits per heavy atom. The molecule has 326 valence electrons. The number of rotatable bonds is 16. The van der Waals surface area contributed by atoms with Crippen LogP contribution in [0.2, 0.25) is 0 Å². The van der Waals surface area contributed by atoms with Crippen LogP contribution in [0, 0.1) is 0 Å². The number of aliphatic hydroxyl groups is 1. The number of esters is 1. The number of thioether (sulfide) groups is 2. The average molecular weight is 916 g/mol. The van der Waals surface area contributed by atoms with Crippen LogP contribution in [0.25, 0.3) is 6.08 Å². The standard InChI is InChI=1S/C52H45N5O5S3/c58-32-42(43-33-63-50(54-43)56-52(39-22-10-3-11-23-39,40-24-12-4-13-25-40)41-26-14-5-15-27-41)46(59)55-44-47(60)57-34-51(35-64-48(44)57,65-30-28-36-17-16-29-53-31-36)49(61)62-45(37-18-6-1-7-19-37)38-20-8-2-9-21-38/h1-31,33,42,44-45,48,58H,32,34-35H2,(H,54,56)(H,55,59)/t42?,44?,48-,51?/m1/s1. The summed E-state index contributed by atoms with van der Waals surface area (Å²) in [7, 11) is 0. The lowest BCUT2D eigenvalue weighted by Crippen LogP contribution is -2.74. The first-order chi connectivity index (χ1) is 31.9. The molecule has 4 heterocycles. The number of nitrogens with zero attached hydrogens (tertiary/aromatic N) is 3. The minimum Gasteiger partial charge on any atom is -0.451 e. The summed E-state index contributed by atoms with van der Waals surface area (Å²) in [5, 5.41) is 21.1. The fourth-order valence-corrected chi connectivity index (χ4v) is 11.8. The number of β-lactam (4-membered cyclic amide) rings is 1. The first-order valence-corrected chi connectivity index (χ1v) is 24.0. The molecule has 2 fully saturated rings. The van der Waals surface area contributed by atoms with E-state index in [-0.39, 0.29) is 12.5 Å². The molecule has 2 aliphatic rings. The van der Waals surface area contributed by atoms with E-state index in [4.69, 9.17) is 9.72 Å². The maximum absolute atomic E-state index is 14.6. The van der Waals surface area contributed by atoms with Crippen LogP contribution in [0.4, 0.5) is 5.13 Å². The van der Waals surface area contributed by atoms with Crippen LogP contribution in [0.1, 0.15) is 51.1 Å². The molecule has 2 amide bonds. The molecule has 2 aliphatic heterocycles. The number of aromatic nitrogens is 2. The van der Waals surface area contributed by atoms with Gasteiger partial charge < -0.3 is 25.4 Å². The van der Waals surface area contributed by atoms with Crippen LogP contribution < -0.4 is 10.6 Å². The molecule has 0 radical (unpaired) electrons. The molecular formula is C52H45N5O5S3. The zero-order valence-corrected chi connectivity index (χ0v) is 37.5. The lowest BCUT2D eigenvalue weighted by molar-refractivity contribution is -0.156. The Morgan fingerprint density at radius 1 is 0.831 bits per heavy atom. The summed E-state index contributed by atoms with van der Waals surface area (Å²) in [5.74, 6) is -2.01. The Balaban J connectivity index is 0.933. The van der Waals surface area contributed by atoms with Crippen molar-refractivity contribution in [2.45, 2.75) is 33.7 Å². The van der Waals surface area contributed by atoms with Crippen molar-refractivity contribution in [2.75, 3.05) is 24.2 Å². The predicted molar refractivity (Wildman–Crippen MR) is 259 cm³/mol. The molecular weight excluding hydrogens is 871 g/mol. The maximum Gasteiger partial charge on any atom is 0.326 e. The van der Waals surface area contributed by atoms with Crippen LogP contribution in [0.3, 0.4) is 0 Å². The minimum atomic E-state index is -1.17. The van der Waals surface area contributed by atoms with Crippen LogP contribution in [-0.2, 0) is 24.7 Å². The average Bonchev–Trinajstić information content (AvgIpc) is 3.83. The van der Waals surface area contributed by atoms with Gasteiger partial charge in [0.15, 0.2) is 11.2 Å². The van der Waals surface area contributed by atoms with E-state index in [0.717, 1.165) is 33.4 Å². The lowest BCUT2D eigenvalue weighted by atomic mass is 9.77. The number of thiazole rings is 1. The molecule has 0 bridgehead atoms. The molecule has 13 heteroatoms. The fourth-order valence-electron chi connectivity index (χ4n) is 8.32. The fraction of sp³-hybridized carbons (Fsp3) is 0.173. The van der Waals surface area contributed by atoms with E-state index in [2.05, 4.69) is 52.0 Å². The number of pyridine rings is 1. The van der Waals surface area contributed by atoms with E-state index in [0.29, 0.717) is 16.6 Å². The number of nitrogens with one attached hydrogen (secondary N) is 2. The highest BCUT2D eigenvalue weighted by Gasteiger charge is 2.58. The third-order valence-electron chi connectivity index (χ3n) is 11.7. The second kappa shape index (κ2) is 19.7. The lowest BCUT2D eigenvalue weighted by Gasteiger charge is -2.53. The molecule has 3 unspecified atom stereocenters. The summed E-state index contributed by atoms with van der Waals surface area (Å²) >= 11 is 4.08. The smallest absolute Gasteiger partial charge is 0.326 e. The van der Waals surface area contributed by atoms with Crippen molar-refractivity contribution in [3.63, 3.8) is 0 Å². The quantitative estimate of drug-likeness (QED) is 0.0491. The summed E-state index contributed by atoms with van der Waals surface area (Å²) in [4.78, 5) is 53.5. The highest BCUT2D eigenvalue weighted by molar-refractivity contribution is 8.06. The van der Waals surface area contributed by atoms with E-state index in [1.54, 1.807) is 22.7 Å². The van der Waals surface area contributed by atoms with Gasteiger partial charge in [-0.3, -0.25) is 19.4 Å². The van der Waals surface area contributed by atoms with E-state index in [1.807, 2.05) is 139 Å². The number of fused-ring (bicyclic) bond motifs is 1. The predicted octanol–water partition coefficient (Wildman–Crippen LogP) is 8.89. The van der Waals surface area contributed by atoms with Crippen LogP contribution in [0.15, 0.2) is 187 Å². The largest absolute Gasteiger partial charge is 0.451 e. The third kappa shape index (κ3) is 9.10. The van der Waals surface area contributed by atoms with Crippen molar-refractivity contribution in [3.05, 3.63) is 226 Å². The van der Waals surface area contributed by atoms with Gasteiger partial charge in [-0.05, 0) is 50.9 Å².